The number of hydrogen-bond acceptors (Lipinski definition) is 4. The highest BCUT2D eigenvalue weighted by atomic mass is 35.5. The van der Waals surface area contributed by atoms with Gasteiger partial charge in [0.1, 0.15) is 10.8 Å². The molecule has 1 amide bonds. The Balaban J connectivity index is 1.45. The van der Waals surface area contributed by atoms with Gasteiger partial charge in [-0.2, -0.15) is 9.78 Å². The van der Waals surface area contributed by atoms with Gasteiger partial charge in [0.05, 0.1) is 24.0 Å². The van der Waals surface area contributed by atoms with E-state index >= 15 is 0 Å². The van der Waals surface area contributed by atoms with Crippen molar-refractivity contribution in [3.63, 3.8) is 0 Å². The summed E-state index contributed by atoms with van der Waals surface area (Å²) >= 11 is 12.4. The van der Waals surface area contributed by atoms with Crippen LogP contribution in [0.4, 0.5) is 10.1 Å². The standard InChI is InChI=1S/C22H19Cl2FN4O2/c23-17-7-4-8-18(25)16(17)13-20(30)28-11-9-27(10-12-28)19-14-26-29(22(31)21(19)24)15-5-2-1-3-6-15/h1-8,14H,9-13H2. The van der Waals surface area contributed by atoms with Crippen LogP contribution in [0.5, 0.6) is 0 Å². The number of amides is 1. The first-order chi connectivity index (χ1) is 15.0. The Hall–Kier alpha value is -2.90. The van der Waals surface area contributed by atoms with E-state index in [2.05, 4.69) is 5.10 Å². The lowest BCUT2D eigenvalue weighted by molar-refractivity contribution is -0.130. The van der Waals surface area contributed by atoms with E-state index in [4.69, 9.17) is 23.2 Å². The van der Waals surface area contributed by atoms with Gasteiger partial charge in [-0.1, -0.05) is 47.5 Å². The van der Waals surface area contributed by atoms with Gasteiger partial charge in [-0.05, 0) is 24.3 Å². The van der Waals surface area contributed by atoms with Crippen molar-refractivity contribution in [2.24, 2.45) is 0 Å². The van der Waals surface area contributed by atoms with E-state index in [-0.39, 0.29) is 27.9 Å². The van der Waals surface area contributed by atoms with E-state index < -0.39 is 11.4 Å². The second-order valence-corrected chi connectivity index (χ2v) is 7.93. The van der Waals surface area contributed by atoms with Gasteiger partial charge < -0.3 is 9.80 Å². The molecule has 0 atom stereocenters. The summed E-state index contributed by atoms with van der Waals surface area (Å²) in [5.74, 6) is -0.688. The van der Waals surface area contributed by atoms with Gasteiger partial charge in [0, 0.05) is 36.8 Å². The number of carbonyl (C=O) groups is 1. The molecular weight excluding hydrogens is 442 g/mol. The van der Waals surface area contributed by atoms with Gasteiger partial charge in [0.25, 0.3) is 5.56 Å². The fourth-order valence-electron chi connectivity index (χ4n) is 3.56. The number of halogens is 3. The van der Waals surface area contributed by atoms with Gasteiger partial charge >= 0.3 is 0 Å². The molecule has 0 unspecified atom stereocenters. The molecule has 4 rings (SSSR count). The third-order valence-corrected chi connectivity index (χ3v) is 5.97. The topological polar surface area (TPSA) is 58.4 Å². The molecular formula is C22H19Cl2FN4O2. The lowest BCUT2D eigenvalue weighted by atomic mass is 10.1. The minimum atomic E-state index is -0.490. The van der Waals surface area contributed by atoms with Crippen LogP contribution in [0.1, 0.15) is 5.56 Å². The molecule has 0 aliphatic carbocycles. The van der Waals surface area contributed by atoms with Crippen LogP contribution in [-0.2, 0) is 11.2 Å². The van der Waals surface area contributed by atoms with Crippen molar-refractivity contribution in [1.82, 2.24) is 14.7 Å². The first-order valence-corrected chi connectivity index (χ1v) is 10.5. The molecule has 3 aromatic rings. The number of hydrogen-bond donors (Lipinski definition) is 0. The Kier molecular flexibility index (Phi) is 6.25. The van der Waals surface area contributed by atoms with Gasteiger partial charge in [0.2, 0.25) is 5.91 Å². The molecule has 0 bridgehead atoms. The molecule has 0 N–H and O–H groups in total. The van der Waals surface area contributed by atoms with E-state index in [1.807, 2.05) is 23.1 Å². The van der Waals surface area contributed by atoms with E-state index in [0.717, 1.165) is 0 Å². The van der Waals surface area contributed by atoms with Gasteiger partial charge in [-0.25, -0.2) is 4.39 Å². The first-order valence-electron chi connectivity index (χ1n) is 9.74. The molecule has 0 radical (unpaired) electrons. The van der Waals surface area contributed by atoms with Crippen LogP contribution < -0.4 is 10.5 Å². The zero-order chi connectivity index (χ0) is 22.0. The van der Waals surface area contributed by atoms with Gasteiger partial charge in [-0.15, -0.1) is 0 Å². The summed E-state index contributed by atoms with van der Waals surface area (Å²) in [5, 5.41) is 4.58. The highest BCUT2D eigenvalue weighted by Crippen LogP contribution is 2.24. The summed E-state index contributed by atoms with van der Waals surface area (Å²) in [4.78, 5) is 28.9. The Morgan fingerprint density at radius 2 is 1.71 bits per heavy atom. The van der Waals surface area contributed by atoms with Crippen molar-refractivity contribution < 1.29 is 9.18 Å². The minimum absolute atomic E-state index is 0.0803. The molecule has 2 heterocycles. The Labute approximate surface area is 188 Å². The Bertz CT molecular complexity index is 1140. The molecule has 9 heteroatoms. The van der Waals surface area contributed by atoms with Crippen LogP contribution >= 0.6 is 23.2 Å². The molecule has 0 saturated carbocycles. The molecule has 31 heavy (non-hydrogen) atoms. The zero-order valence-corrected chi connectivity index (χ0v) is 18.0. The number of para-hydroxylation sites is 1. The number of piperazine rings is 1. The van der Waals surface area contributed by atoms with Crippen LogP contribution in [0.2, 0.25) is 10.0 Å². The smallest absolute Gasteiger partial charge is 0.292 e. The second-order valence-electron chi connectivity index (χ2n) is 7.14. The lowest BCUT2D eigenvalue weighted by Crippen LogP contribution is -2.49. The third kappa shape index (κ3) is 4.43. The van der Waals surface area contributed by atoms with E-state index in [9.17, 15) is 14.0 Å². The van der Waals surface area contributed by atoms with Crippen LogP contribution in [0.25, 0.3) is 5.69 Å². The number of aromatic nitrogens is 2. The van der Waals surface area contributed by atoms with Gasteiger partial charge in [-0.3, -0.25) is 9.59 Å². The fourth-order valence-corrected chi connectivity index (χ4v) is 4.04. The van der Waals surface area contributed by atoms with Crippen LogP contribution in [0, 0.1) is 5.82 Å². The van der Waals surface area contributed by atoms with Crippen molar-refractivity contribution in [3.05, 3.63) is 86.5 Å². The molecule has 1 fully saturated rings. The molecule has 160 valence electrons. The maximum absolute atomic E-state index is 14.0. The van der Waals surface area contributed by atoms with Crippen LogP contribution in [0.3, 0.4) is 0 Å². The lowest BCUT2D eigenvalue weighted by Gasteiger charge is -2.36. The van der Waals surface area contributed by atoms with Crippen LogP contribution in [-0.4, -0.2) is 46.8 Å². The maximum atomic E-state index is 14.0. The molecule has 1 aliphatic rings. The Morgan fingerprint density at radius 1 is 1.00 bits per heavy atom. The molecule has 6 nitrogen and oxygen atoms in total. The summed E-state index contributed by atoms with van der Waals surface area (Å²) < 4.78 is 15.2. The molecule has 2 aromatic carbocycles. The highest BCUT2D eigenvalue weighted by molar-refractivity contribution is 6.33. The van der Waals surface area contributed by atoms with Gasteiger partial charge in [0.15, 0.2) is 0 Å². The third-order valence-electron chi connectivity index (χ3n) is 5.26. The van der Waals surface area contributed by atoms with Crippen molar-refractivity contribution in [2.75, 3.05) is 31.1 Å². The number of nitrogens with zero attached hydrogens (tertiary/aromatic N) is 4. The normalized spacial score (nSPS) is 14.0. The maximum Gasteiger partial charge on any atom is 0.292 e. The first kappa shape index (κ1) is 21.3. The summed E-state index contributed by atoms with van der Waals surface area (Å²) in [6.07, 6.45) is 1.47. The predicted molar refractivity (Wildman–Crippen MR) is 119 cm³/mol. The predicted octanol–water partition coefficient (Wildman–Crippen LogP) is 3.57. The fraction of sp³-hybridized carbons (Fsp3) is 0.227. The quantitative estimate of drug-likeness (QED) is 0.596. The summed E-state index contributed by atoms with van der Waals surface area (Å²) in [6, 6.07) is 13.4. The van der Waals surface area contributed by atoms with Crippen molar-refractivity contribution >= 4 is 34.8 Å². The zero-order valence-electron chi connectivity index (χ0n) is 16.5. The van der Waals surface area contributed by atoms with Crippen molar-refractivity contribution in [2.45, 2.75) is 6.42 Å². The number of benzene rings is 2. The second kappa shape index (κ2) is 9.08. The highest BCUT2D eigenvalue weighted by Gasteiger charge is 2.25. The van der Waals surface area contributed by atoms with E-state index in [1.54, 1.807) is 29.3 Å². The monoisotopic (exact) mass is 460 g/mol. The number of anilines is 1. The van der Waals surface area contributed by atoms with E-state index in [0.29, 0.717) is 37.6 Å². The Morgan fingerprint density at radius 3 is 2.39 bits per heavy atom. The van der Waals surface area contributed by atoms with Crippen molar-refractivity contribution in [1.29, 1.82) is 0 Å². The average molecular weight is 461 g/mol. The largest absolute Gasteiger partial charge is 0.365 e. The molecule has 1 saturated heterocycles. The number of rotatable bonds is 4. The molecule has 1 aromatic heterocycles. The summed E-state index contributed by atoms with van der Waals surface area (Å²) in [5.41, 5.74) is 0.956. The summed E-state index contributed by atoms with van der Waals surface area (Å²) in [6.45, 7) is 1.80. The van der Waals surface area contributed by atoms with Crippen molar-refractivity contribution in [3.8, 4) is 5.69 Å². The van der Waals surface area contributed by atoms with Crippen LogP contribution in [0.15, 0.2) is 59.5 Å². The number of carbonyl (C=O) groups excluding carboxylic acids is 1. The SMILES string of the molecule is O=C(Cc1c(F)cccc1Cl)N1CCN(c2cnn(-c3ccccc3)c(=O)c2Cl)CC1. The average Bonchev–Trinajstić information content (AvgIpc) is 2.79. The summed E-state index contributed by atoms with van der Waals surface area (Å²) in [7, 11) is 0. The minimum Gasteiger partial charge on any atom is -0.365 e. The molecule has 1 aliphatic heterocycles. The van der Waals surface area contributed by atoms with E-state index in [1.165, 1.54) is 16.8 Å². The molecule has 0 spiro atoms.